The van der Waals surface area contributed by atoms with E-state index in [9.17, 15) is 0 Å². The van der Waals surface area contributed by atoms with Gasteiger partial charge in [-0.3, -0.25) is 0 Å². The molecule has 0 aromatic carbocycles. The van der Waals surface area contributed by atoms with E-state index in [-0.39, 0.29) is 11.0 Å². The van der Waals surface area contributed by atoms with E-state index in [1.165, 1.54) is 57.8 Å². The van der Waals surface area contributed by atoms with Gasteiger partial charge in [-0.1, -0.05) is 33.3 Å². The van der Waals surface area contributed by atoms with Crippen molar-refractivity contribution in [2.24, 2.45) is 34.5 Å². The van der Waals surface area contributed by atoms with Crippen molar-refractivity contribution in [3.63, 3.8) is 0 Å². The van der Waals surface area contributed by atoms with Crippen molar-refractivity contribution in [1.82, 2.24) is 0 Å². The molecular weight excluding hydrogens is 308 g/mol. The monoisotopic (exact) mass is 344 g/mol. The lowest BCUT2D eigenvalue weighted by atomic mass is 9.44. The molecule has 5 rings (SSSR count). The first-order chi connectivity index (χ1) is 12.0. The van der Waals surface area contributed by atoms with Crippen LogP contribution >= 0.6 is 0 Å². The molecular formula is C23H36O2. The Balaban J connectivity index is 1.48. The smallest absolute Gasteiger partial charge is 0.130 e. The van der Waals surface area contributed by atoms with Gasteiger partial charge in [0.2, 0.25) is 0 Å². The third-order valence-electron chi connectivity index (χ3n) is 9.86. The van der Waals surface area contributed by atoms with Gasteiger partial charge >= 0.3 is 0 Å². The summed E-state index contributed by atoms with van der Waals surface area (Å²) in [7, 11) is 0. The van der Waals surface area contributed by atoms with E-state index in [1.54, 1.807) is 0 Å². The zero-order chi connectivity index (χ0) is 17.3. The molecule has 25 heavy (non-hydrogen) atoms. The molecule has 0 aromatic rings. The SMILES string of the molecule is C=C1OCCO[C@@]12CC[C@H]1[C@@H]3CCC4CCCC[C@]4(C)[C@H]3CC[C@@]12C. The van der Waals surface area contributed by atoms with Crippen molar-refractivity contribution in [3.8, 4) is 0 Å². The lowest BCUT2D eigenvalue weighted by molar-refractivity contribution is -0.196. The topological polar surface area (TPSA) is 18.5 Å². The van der Waals surface area contributed by atoms with Crippen LogP contribution in [0.5, 0.6) is 0 Å². The Morgan fingerprint density at radius 2 is 1.72 bits per heavy atom. The molecule has 4 saturated carbocycles. The maximum Gasteiger partial charge on any atom is 0.130 e. The second kappa shape index (κ2) is 5.50. The van der Waals surface area contributed by atoms with E-state index < -0.39 is 0 Å². The molecule has 1 saturated heterocycles. The third kappa shape index (κ3) is 2.01. The van der Waals surface area contributed by atoms with Gasteiger partial charge in [0.25, 0.3) is 0 Å². The average Bonchev–Trinajstić information content (AvgIpc) is 2.90. The van der Waals surface area contributed by atoms with Crippen molar-refractivity contribution >= 4 is 0 Å². The molecule has 1 unspecified atom stereocenters. The highest BCUT2D eigenvalue weighted by Crippen LogP contribution is 2.70. The fourth-order valence-electron chi connectivity index (χ4n) is 8.57. The Hall–Kier alpha value is -0.500. The summed E-state index contributed by atoms with van der Waals surface area (Å²) in [4.78, 5) is 0. The molecule has 1 heterocycles. The Morgan fingerprint density at radius 3 is 2.56 bits per heavy atom. The fraction of sp³-hybridized carbons (Fsp3) is 0.913. The minimum atomic E-state index is -0.189. The molecule has 4 aliphatic carbocycles. The molecule has 0 bridgehead atoms. The highest BCUT2D eigenvalue weighted by atomic mass is 16.6. The van der Waals surface area contributed by atoms with E-state index in [0.29, 0.717) is 12.0 Å². The van der Waals surface area contributed by atoms with Crippen molar-refractivity contribution < 1.29 is 9.47 Å². The van der Waals surface area contributed by atoms with Gasteiger partial charge in [-0.15, -0.1) is 0 Å². The van der Waals surface area contributed by atoms with Gasteiger partial charge in [-0.05, 0) is 80.5 Å². The van der Waals surface area contributed by atoms with Crippen molar-refractivity contribution in [3.05, 3.63) is 12.3 Å². The van der Waals surface area contributed by atoms with Crippen LogP contribution in [0.4, 0.5) is 0 Å². The Labute approximate surface area is 153 Å². The van der Waals surface area contributed by atoms with Crippen LogP contribution in [0.2, 0.25) is 0 Å². The molecule has 0 N–H and O–H groups in total. The molecule has 1 aliphatic heterocycles. The van der Waals surface area contributed by atoms with Crippen LogP contribution in [0.1, 0.15) is 78.1 Å². The van der Waals surface area contributed by atoms with E-state index in [2.05, 4.69) is 20.4 Å². The number of hydrogen-bond donors (Lipinski definition) is 0. The number of rotatable bonds is 0. The molecule has 7 atom stereocenters. The average molecular weight is 345 g/mol. The van der Waals surface area contributed by atoms with Crippen LogP contribution in [0, 0.1) is 34.5 Å². The predicted octanol–water partition coefficient (Wildman–Crippen LogP) is 5.72. The van der Waals surface area contributed by atoms with Gasteiger partial charge in [-0.2, -0.15) is 0 Å². The van der Waals surface area contributed by atoms with Crippen LogP contribution < -0.4 is 0 Å². The van der Waals surface area contributed by atoms with Crippen LogP contribution in [0.25, 0.3) is 0 Å². The van der Waals surface area contributed by atoms with Gasteiger partial charge in [0.15, 0.2) is 0 Å². The normalized spacial score (nSPS) is 55.2. The largest absolute Gasteiger partial charge is 0.493 e. The van der Waals surface area contributed by atoms with Gasteiger partial charge in [0, 0.05) is 5.41 Å². The van der Waals surface area contributed by atoms with E-state index >= 15 is 0 Å². The summed E-state index contributed by atoms with van der Waals surface area (Å²) in [6.45, 7) is 10.9. The Kier molecular flexibility index (Phi) is 3.67. The summed E-state index contributed by atoms with van der Waals surface area (Å²) in [5.74, 6) is 4.63. The van der Waals surface area contributed by atoms with Crippen molar-refractivity contribution in [1.29, 1.82) is 0 Å². The standard InChI is InChI=1S/C23H36O2/c1-16-23(25-15-14-24-16)13-10-20-18-8-7-17-6-4-5-11-21(17,2)19(18)9-12-22(20,23)3/h17-20H,1,4-15H2,2-3H3/t17?,18-,19+,20+,21+,22+,23+/m1/s1. The highest BCUT2D eigenvalue weighted by Gasteiger charge is 2.67. The number of ether oxygens (including phenoxy) is 2. The number of hydrogen-bond acceptors (Lipinski definition) is 2. The molecule has 2 nitrogen and oxygen atoms in total. The molecule has 5 fully saturated rings. The van der Waals surface area contributed by atoms with Crippen molar-refractivity contribution in [2.45, 2.75) is 83.7 Å². The molecule has 1 spiro atoms. The van der Waals surface area contributed by atoms with E-state index in [1.807, 2.05) is 0 Å². The molecule has 0 amide bonds. The summed E-state index contributed by atoms with van der Waals surface area (Å²) in [6.07, 6.45) is 14.1. The second-order valence-electron chi connectivity index (χ2n) is 10.3. The first kappa shape index (κ1) is 16.7. The maximum absolute atomic E-state index is 6.50. The summed E-state index contributed by atoms with van der Waals surface area (Å²) in [5.41, 5.74) is 0.675. The Morgan fingerprint density at radius 1 is 0.880 bits per heavy atom. The summed E-state index contributed by atoms with van der Waals surface area (Å²) in [5, 5.41) is 0. The zero-order valence-electron chi connectivity index (χ0n) is 16.3. The summed E-state index contributed by atoms with van der Waals surface area (Å²) < 4.78 is 12.5. The van der Waals surface area contributed by atoms with Crippen LogP contribution in [-0.2, 0) is 9.47 Å². The summed E-state index contributed by atoms with van der Waals surface area (Å²) in [6, 6.07) is 0. The van der Waals surface area contributed by atoms with Gasteiger partial charge in [0.05, 0.1) is 6.61 Å². The zero-order valence-corrected chi connectivity index (χ0v) is 16.3. The summed E-state index contributed by atoms with van der Waals surface area (Å²) >= 11 is 0. The fourth-order valence-corrected chi connectivity index (χ4v) is 8.57. The first-order valence-electron chi connectivity index (χ1n) is 11.0. The molecule has 2 heteroatoms. The first-order valence-corrected chi connectivity index (χ1v) is 11.0. The third-order valence-corrected chi connectivity index (χ3v) is 9.86. The minimum Gasteiger partial charge on any atom is -0.493 e. The van der Waals surface area contributed by atoms with E-state index in [4.69, 9.17) is 9.47 Å². The minimum absolute atomic E-state index is 0.189. The second-order valence-corrected chi connectivity index (χ2v) is 10.3. The quantitative estimate of drug-likeness (QED) is 0.559. The highest BCUT2D eigenvalue weighted by molar-refractivity contribution is 5.24. The van der Waals surface area contributed by atoms with Crippen LogP contribution in [0.15, 0.2) is 12.3 Å². The molecule has 140 valence electrons. The van der Waals surface area contributed by atoms with Gasteiger partial charge in [-0.25, -0.2) is 0 Å². The van der Waals surface area contributed by atoms with Crippen molar-refractivity contribution in [2.75, 3.05) is 13.2 Å². The van der Waals surface area contributed by atoms with E-state index in [0.717, 1.165) is 42.5 Å². The Bertz CT molecular complexity index is 570. The maximum atomic E-state index is 6.50. The van der Waals surface area contributed by atoms with Gasteiger partial charge < -0.3 is 9.47 Å². The lowest BCUT2D eigenvalue weighted by Gasteiger charge is -2.62. The van der Waals surface area contributed by atoms with Gasteiger partial charge in [0.1, 0.15) is 18.0 Å². The molecule has 0 aromatic heterocycles. The van der Waals surface area contributed by atoms with Crippen LogP contribution in [-0.4, -0.2) is 18.8 Å². The molecule has 0 radical (unpaired) electrons. The predicted molar refractivity (Wildman–Crippen MR) is 100 cm³/mol. The lowest BCUT2D eigenvalue weighted by Crippen LogP contribution is -2.58. The molecule has 5 aliphatic rings. The van der Waals surface area contributed by atoms with Crippen LogP contribution in [0.3, 0.4) is 0 Å². The number of fused-ring (bicyclic) bond motifs is 6.